The summed E-state index contributed by atoms with van der Waals surface area (Å²) >= 11 is 6.09. The van der Waals surface area contributed by atoms with E-state index in [2.05, 4.69) is 4.74 Å². The summed E-state index contributed by atoms with van der Waals surface area (Å²) < 4.78 is 29.8. The van der Waals surface area contributed by atoms with Crippen molar-refractivity contribution in [1.29, 1.82) is 0 Å². The summed E-state index contributed by atoms with van der Waals surface area (Å²) in [5.74, 6) is -0.985. The minimum absolute atomic E-state index is 0.0579. The minimum Gasteiger partial charge on any atom is -0.465 e. The Balaban J connectivity index is 3.32. The molecule has 1 amide bonds. The Morgan fingerprint density at radius 3 is 2.25 bits per heavy atom. The molecule has 0 bridgehead atoms. The summed E-state index contributed by atoms with van der Waals surface area (Å²) in [6.07, 6.45) is 0.976. The number of carbonyl (C=O) groups excluding carboxylic acids is 2. The predicted octanol–water partition coefficient (Wildman–Crippen LogP) is 1.76. The molecule has 7 nitrogen and oxygen atoms in total. The molecule has 0 fully saturated rings. The lowest BCUT2D eigenvalue weighted by molar-refractivity contribution is -0.129. The van der Waals surface area contributed by atoms with E-state index in [-0.39, 0.29) is 22.2 Å². The number of halogens is 1. The second-order valence-corrected chi connectivity index (χ2v) is 7.31. The number of hydrogen-bond acceptors (Lipinski definition) is 5. The third-order valence-corrected chi connectivity index (χ3v) is 4.88. The molecule has 1 aromatic rings. The number of hydrogen-bond donors (Lipinski definition) is 0. The topological polar surface area (TPSA) is 84.0 Å². The summed E-state index contributed by atoms with van der Waals surface area (Å²) in [5, 5.41) is 0.112. The van der Waals surface area contributed by atoms with Crippen LogP contribution in [0.3, 0.4) is 0 Å². The molecule has 24 heavy (non-hydrogen) atoms. The van der Waals surface area contributed by atoms with Gasteiger partial charge in [-0.3, -0.25) is 9.10 Å². The Hall–Kier alpha value is -1.80. The van der Waals surface area contributed by atoms with Gasteiger partial charge in [0.05, 0.1) is 29.6 Å². The van der Waals surface area contributed by atoms with Gasteiger partial charge < -0.3 is 9.64 Å². The summed E-state index contributed by atoms with van der Waals surface area (Å²) in [6.45, 7) is 4.13. The van der Waals surface area contributed by atoms with Crippen LogP contribution in [0.25, 0.3) is 0 Å². The lowest BCUT2D eigenvalue weighted by Gasteiger charge is -2.26. The monoisotopic (exact) mass is 376 g/mol. The number of amides is 1. The van der Waals surface area contributed by atoms with Crippen molar-refractivity contribution in [3.05, 3.63) is 28.8 Å². The van der Waals surface area contributed by atoms with Crippen LogP contribution in [0, 0.1) is 0 Å². The van der Waals surface area contributed by atoms with Crippen LogP contribution in [0.4, 0.5) is 5.69 Å². The molecule has 0 aliphatic rings. The maximum atomic E-state index is 12.3. The number of sulfonamides is 1. The fourth-order valence-corrected chi connectivity index (χ4v) is 3.25. The van der Waals surface area contributed by atoms with Crippen molar-refractivity contribution in [2.45, 2.75) is 13.8 Å². The molecule has 9 heteroatoms. The molecular formula is C15H21ClN2O5S. The highest BCUT2D eigenvalue weighted by molar-refractivity contribution is 7.92. The molecule has 1 rings (SSSR count). The lowest BCUT2D eigenvalue weighted by Crippen LogP contribution is -2.42. The van der Waals surface area contributed by atoms with Crippen molar-refractivity contribution >= 4 is 39.2 Å². The molecule has 0 heterocycles. The van der Waals surface area contributed by atoms with Gasteiger partial charge in [0, 0.05) is 13.1 Å². The van der Waals surface area contributed by atoms with Crippen LogP contribution in [-0.2, 0) is 19.6 Å². The zero-order chi connectivity index (χ0) is 18.5. The van der Waals surface area contributed by atoms with E-state index in [1.807, 2.05) is 0 Å². The Kier molecular flexibility index (Phi) is 7.04. The molecular weight excluding hydrogens is 356 g/mol. The third-order valence-electron chi connectivity index (χ3n) is 3.43. The van der Waals surface area contributed by atoms with Gasteiger partial charge in [-0.25, -0.2) is 13.2 Å². The number of likely N-dealkylation sites (N-methyl/N-ethyl adjacent to an activating group) is 1. The molecule has 1 aromatic carbocycles. The minimum atomic E-state index is -3.79. The molecule has 0 spiro atoms. The number of benzene rings is 1. The van der Waals surface area contributed by atoms with E-state index in [0.717, 1.165) is 10.6 Å². The number of esters is 1. The molecule has 0 atom stereocenters. The normalized spacial score (nSPS) is 11.0. The van der Waals surface area contributed by atoms with Crippen LogP contribution in [0.2, 0.25) is 5.02 Å². The first kappa shape index (κ1) is 20.2. The molecule has 0 aliphatic heterocycles. The molecule has 0 radical (unpaired) electrons. The second kappa shape index (κ2) is 8.34. The Morgan fingerprint density at radius 2 is 1.79 bits per heavy atom. The predicted molar refractivity (Wildman–Crippen MR) is 92.9 cm³/mol. The van der Waals surface area contributed by atoms with Crippen LogP contribution in [0.5, 0.6) is 0 Å². The zero-order valence-corrected chi connectivity index (χ0v) is 15.6. The summed E-state index contributed by atoms with van der Waals surface area (Å²) in [4.78, 5) is 25.5. The van der Waals surface area contributed by atoms with Gasteiger partial charge >= 0.3 is 5.97 Å². The molecule has 0 saturated heterocycles. The Bertz CT molecular complexity index is 717. The standard InChI is InChI=1S/C15H21ClN2O5S/c1-5-17(6-2)14(19)10-18(24(4,21)22)13-9-11(15(20)23-3)7-8-12(13)16/h7-9H,5-6,10H2,1-4H3. The second-order valence-electron chi connectivity index (χ2n) is 4.99. The maximum Gasteiger partial charge on any atom is 0.337 e. The number of nitrogens with zero attached hydrogens (tertiary/aromatic N) is 2. The molecule has 0 unspecified atom stereocenters. The first-order valence-electron chi connectivity index (χ1n) is 7.29. The smallest absolute Gasteiger partial charge is 0.337 e. The van der Waals surface area contributed by atoms with Crippen molar-refractivity contribution in [1.82, 2.24) is 4.90 Å². The molecule has 134 valence electrons. The fraction of sp³-hybridized carbons (Fsp3) is 0.467. The highest BCUT2D eigenvalue weighted by Crippen LogP contribution is 2.29. The van der Waals surface area contributed by atoms with Gasteiger partial charge in [-0.15, -0.1) is 0 Å². The Morgan fingerprint density at radius 1 is 1.21 bits per heavy atom. The SMILES string of the molecule is CCN(CC)C(=O)CN(c1cc(C(=O)OC)ccc1Cl)S(C)(=O)=O. The summed E-state index contributed by atoms with van der Waals surface area (Å²) in [6, 6.07) is 4.11. The summed E-state index contributed by atoms with van der Waals surface area (Å²) in [7, 11) is -2.57. The van der Waals surface area contributed by atoms with Gasteiger partial charge in [0.1, 0.15) is 6.54 Å². The highest BCUT2D eigenvalue weighted by Gasteiger charge is 2.25. The largest absolute Gasteiger partial charge is 0.465 e. The lowest BCUT2D eigenvalue weighted by atomic mass is 10.2. The van der Waals surface area contributed by atoms with Crippen molar-refractivity contribution < 1.29 is 22.7 Å². The average Bonchev–Trinajstić information content (AvgIpc) is 2.52. The molecule has 0 saturated carbocycles. The number of carbonyl (C=O) groups is 2. The first-order valence-corrected chi connectivity index (χ1v) is 9.51. The van der Waals surface area contributed by atoms with Crippen molar-refractivity contribution in [3.8, 4) is 0 Å². The van der Waals surface area contributed by atoms with E-state index in [1.165, 1.54) is 30.2 Å². The van der Waals surface area contributed by atoms with E-state index in [0.29, 0.717) is 13.1 Å². The van der Waals surface area contributed by atoms with Crippen LogP contribution in [0.15, 0.2) is 18.2 Å². The zero-order valence-electron chi connectivity index (χ0n) is 14.1. The quantitative estimate of drug-likeness (QED) is 0.677. The van der Waals surface area contributed by atoms with Crippen LogP contribution >= 0.6 is 11.6 Å². The average molecular weight is 377 g/mol. The third kappa shape index (κ3) is 4.85. The highest BCUT2D eigenvalue weighted by atomic mass is 35.5. The number of rotatable bonds is 7. The van der Waals surface area contributed by atoms with Crippen molar-refractivity contribution in [2.24, 2.45) is 0 Å². The van der Waals surface area contributed by atoms with Crippen LogP contribution < -0.4 is 4.31 Å². The van der Waals surface area contributed by atoms with Gasteiger partial charge in [0.2, 0.25) is 15.9 Å². The van der Waals surface area contributed by atoms with Crippen molar-refractivity contribution in [3.63, 3.8) is 0 Å². The van der Waals surface area contributed by atoms with Gasteiger partial charge in [-0.05, 0) is 32.0 Å². The number of ether oxygens (including phenoxy) is 1. The van der Waals surface area contributed by atoms with E-state index >= 15 is 0 Å². The van der Waals surface area contributed by atoms with Gasteiger partial charge in [-0.1, -0.05) is 11.6 Å². The van der Waals surface area contributed by atoms with Crippen LogP contribution in [-0.4, -0.2) is 58.2 Å². The van der Waals surface area contributed by atoms with Crippen LogP contribution in [0.1, 0.15) is 24.2 Å². The summed E-state index contributed by atoms with van der Waals surface area (Å²) in [5.41, 5.74) is 0.198. The molecule has 0 aliphatic carbocycles. The number of methoxy groups -OCH3 is 1. The van der Waals surface area contributed by atoms with Crippen molar-refractivity contribution in [2.75, 3.05) is 37.3 Å². The van der Waals surface area contributed by atoms with Gasteiger partial charge in [0.15, 0.2) is 0 Å². The van der Waals surface area contributed by atoms with Gasteiger partial charge in [-0.2, -0.15) is 0 Å². The van der Waals surface area contributed by atoms with E-state index in [9.17, 15) is 18.0 Å². The molecule has 0 aromatic heterocycles. The van der Waals surface area contributed by atoms with E-state index in [1.54, 1.807) is 13.8 Å². The van der Waals surface area contributed by atoms with E-state index in [4.69, 9.17) is 11.6 Å². The molecule has 0 N–H and O–H groups in total. The maximum absolute atomic E-state index is 12.3. The first-order chi connectivity index (χ1) is 11.1. The Labute approximate surface area is 147 Å². The van der Waals surface area contributed by atoms with Gasteiger partial charge in [0.25, 0.3) is 0 Å². The van der Waals surface area contributed by atoms with E-state index < -0.39 is 22.5 Å². The fourth-order valence-electron chi connectivity index (χ4n) is 2.13. The number of anilines is 1.